The molecule has 0 saturated carbocycles. The van der Waals surface area contributed by atoms with Gasteiger partial charge in [0.15, 0.2) is 0 Å². The molecule has 0 bridgehead atoms. The second-order valence-electron chi connectivity index (χ2n) is 4.46. The van der Waals surface area contributed by atoms with E-state index in [-0.39, 0.29) is 29.6 Å². The summed E-state index contributed by atoms with van der Waals surface area (Å²) < 4.78 is 18.8. The summed E-state index contributed by atoms with van der Waals surface area (Å²) in [6, 6.07) is 4.39. The molecule has 6 heteroatoms. The maximum Gasteiger partial charge on any atom is 0.260 e. The first-order chi connectivity index (χ1) is 8.67. The van der Waals surface area contributed by atoms with Gasteiger partial charge in [0.2, 0.25) is 0 Å². The Hall–Kier alpha value is -1.33. The Morgan fingerprint density at radius 1 is 1.58 bits per heavy atom. The number of methoxy groups -OCH3 is 1. The summed E-state index contributed by atoms with van der Waals surface area (Å²) in [5.74, 6) is -0.278. The molecule has 1 amide bonds. The molecule has 1 aromatic rings. The van der Waals surface area contributed by atoms with E-state index in [0.717, 1.165) is 6.42 Å². The molecule has 2 rings (SSSR count). The summed E-state index contributed by atoms with van der Waals surface area (Å²) in [6.45, 7) is 1.77. The zero-order chi connectivity index (χ0) is 13.1. The first-order valence-electron chi connectivity index (χ1n) is 5.99. The lowest BCUT2D eigenvalue weighted by molar-refractivity contribution is 0.0779. The Kier molecular flexibility index (Phi) is 5.57. The van der Waals surface area contributed by atoms with Crippen LogP contribution in [0.2, 0.25) is 0 Å². The van der Waals surface area contributed by atoms with Gasteiger partial charge in [0.25, 0.3) is 5.91 Å². The number of carbonyl (C=O) groups excluding carboxylic acids is 1. The second kappa shape index (κ2) is 6.73. The van der Waals surface area contributed by atoms with Crippen LogP contribution in [0.1, 0.15) is 16.8 Å². The van der Waals surface area contributed by atoms with Crippen LogP contribution in [0.4, 0.5) is 4.39 Å². The molecule has 1 unspecified atom stereocenters. The van der Waals surface area contributed by atoms with Crippen molar-refractivity contribution < 1.29 is 13.9 Å². The van der Waals surface area contributed by atoms with Gasteiger partial charge in [0.05, 0.1) is 7.11 Å². The van der Waals surface area contributed by atoms with Gasteiger partial charge in [-0.15, -0.1) is 12.4 Å². The van der Waals surface area contributed by atoms with E-state index < -0.39 is 5.82 Å². The van der Waals surface area contributed by atoms with Crippen LogP contribution in [-0.2, 0) is 0 Å². The molecule has 1 saturated heterocycles. The van der Waals surface area contributed by atoms with E-state index in [1.165, 1.54) is 19.2 Å². The molecule has 0 radical (unpaired) electrons. The van der Waals surface area contributed by atoms with Gasteiger partial charge in [-0.1, -0.05) is 6.07 Å². The molecule has 1 heterocycles. The number of carbonyl (C=O) groups is 1. The third-order valence-corrected chi connectivity index (χ3v) is 3.32. The minimum absolute atomic E-state index is 0. The van der Waals surface area contributed by atoms with Crippen LogP contribution in [0.3, 0.4) is 0 Å². The van der Waals surface area contributed by atoms with Gasteiger partial charge < -0.3 is 15.4 Å². The maximum absolute atomic E-state index is 13.8. The largest absolute Gasteiger partial charge is 0.496 e. The number of halogens is 2. The van der Waals surface area contributed by atoms with Crippen molar-refractivity contribution in [1.29, 1.82) is 0 Å². The number of ether oxygens (including phenoxy) is 1. The Labute approximate surface area is 118 Å². The third kappa shape index (κ3) is 3.16. The molecular weight excluding hydrogens is 271 g/mol. The summed E-state index contributed by atoms with van der Waals surface area (Å²) in [4.78, 5) is 13.9. The zero-order valence-corrected chi connectivity index (χ0v) is 11.6. The van der Waals surface area contributed by atoms with E-state index in [2.05, 4.69) is 0 Å². The summed E-state index contributed by atoms with van der Waals surface area (Å²) in [7, 11) is 1.43. The second-order valence-corrected chi connectivity index (χ2v) is 4.46. The molecule has 0 spiro atoms. The third-order valence-electron chi connectivity index (χ3n) is 3.32. The molecule has 1 atom stereocenters. The van der Waals surface area contributed by atoms with Crippen molar-refractivity contribution in [2.24, 2.45) is 11.7 Å². The van der Waals surface area contributed by atoms with Gasteiger partial charge in [0, 0.05) is 13.1 Å². The molecule has 1 aromatic carbocycles. The maximum atomic E-state index is 13.8. The van der Waals surface area contributed by atoms with Gasteiger partial charge in [-0.3, -0.25) is 4.79 Å². The molecule has 0 aliphatic carbocycles. The van der Waals surface area contributed by atoms with Crippen LogP contribution in [0.25, 0.3) is 0 Å². The number of nitrogens with zero attached hydrogens (tertiary/aromatic N) is 1. The average molecular weight is 289 g/mol. The Bertz CT molecular complexity index is 456. The summed E-state index contributed by atoms with van der Waals surface area (Å²) in [5, 5.41) is 0. The van der Waals surface area contributed by atoms with Crippen LogP contribution in [-0.4, -0.2) is 37.6 Å². The SMILES string of the molecule is COc1cccc(F)c1C(=O)N1CCC(CN)C1.Cl. The fraction of sp³-hybridized carbons (Fsp3) is 0.462. The lowest BCUT2D eigenvalue weighted by Gasteiger charge is -2.18. The molecular formula is C13H18ClFN2O2. The van der Waals surface area contributed by atoms with Gasteiger partial charge in [0.1, 0.15) is 17.1 Å². The number of amides is 1. The quantitative estimate of drug-likeness (QED) is 0.921. The molecule has 0 aromatic heterocycles. The Morgan fingerprint density at radius 2 is 2.32 bits per heavy atom. The number of likely N-dealkylation sites (tertiary alicyclic amines) is 1. The molecule has 106 valence electrons. The van der Waals surface area contributed by atoms with Crippen LogP contribution >= 0.6 is 12.4 Å². The Balaban J connectivity index is 0.00000180. The minimum atomic E-state index is -0.546. The van der Waals surface area contributed by atoms with Gasteiger partial charge in [-0.05, 0) is 31.0 Å². The van der Waals surface area contributed by atoms with E-state index in [4.69, 9.17) is 10.5 Å². The number of rotatable bonds is 3. The average Bonchev–Trinajstić information content (AvgIpc) is 2.86. The van der Waals surface area contributed by atoms with Crippen LogP contribution in [0.15, 0.2) is 18.2 Å². The highest BCUT2D eigenvalue weighted by molar-refractivity contribution is 5.97. The predicted octanol–water partition coefficient (Wildman–Crippen LogP) is 1.68. The number of benzene rings is 1. The minimum Gasteiger partial charge on any atom is -0.496 e. The molecule has 1 fully saturated rings. The standard InChI is InChI=1S/C13H17FN2O2.ClH/c1-18-11-4-2-3-10(14)12(11)13(17)16-6-5-9(7-15)8-16;/h2-4,9H,5-8,15H2,1H3;1H. The summed E-state index contributed by atoms with van der Waals surface area (Å²) in [6.07, 6.45) is 0.874. The van der Waals surface area contributed by atoms with Crippen molar-refractivity contribution in [3.63, 3.8) is 0 Å². The highest BCUT2D eigenvalue weighted by Gasteiger charge is 2.29. The zero-order valence-electron chi connectivity index (χ0n) is 10.8. The van der Waals surface area contributed by atoms with E-state index in [9.17, 15) is 9.18 Å². The van der Waals surface area contributed by atoms with Crippen LogP contribution < -0.4 is 10.5 Å². The van der Waals surface area contributed by atoms with E-state index >= 15 is 0 Å². The normalized spacial score (nSPS) is 18.1. The Morgan fingerprint density at radius 3 is 2.89 bits per heavy atom. The van der Waals surface area contributed by atoms with Crippen molar-refractivity contribution in [2.45, 2.75) is 6.42 Å². The molecule has 1 aliphatic rings. The van der Waals surface area contributed by atoms with Gasteiger partial charge in [-0.2, -0.15) is 0 Å². The highest BCUT2D eigenvalue weighted by Crippen LogP contribution is 2.25. The molecule has 4 nitrogen and oxygen atoms in total. The topological polar surface area (TPSA) is 55.6 Å². The van der Waals surface area contributed by atoms with Gasteiger partial charge >= 0.3 is 0 Å². The lowest BCUT2D eigenvalue weighted by Crippen LogP contribution is -2.30. The fourth-order valence-electron chi connectivity index (χ4n) is 2.25. The van der Waals surface area contributed by atoms with Crippen LogP contribution in [0, 0.1) is 11.7 Å². The van der Waals surface area contributed by atoms with E-state index in [1.54, 1.807) is 11.0 Å². The van der Waals surface area contributed by atoms with E-state index in [0.29, 0.717) is 25.6 Å². The van der Waals surface area contributed by atoms with Crippen molar-refractivity contribution in [3.05, 3.63) is 29.6 Å². The molecule has 1 aliphatic heterocycles. The highest BCUT2D eigenvalue weighted by atomic mass is 35.5. The summed E-state index contributed by atoms with van der Waals surface area (Å²) in [5.41, 5.74) is 5.60. The van der Waals surface area contributed by atoms with E-state index in [1.807, 2.05) is 0 Å². The van der Waals surface area contributed by atoms with Crippen molar-refractivity contribution in [1.82, 2.24) is 4.90 Å². The van der Waals surface area contributed by atoms with Crippen LogP contribution in [0.5, 0.6) is 5.75 Å². The predicted molar refractivity (Wildman–Crippen MR) is 73.3 cm³/mol. The summed E-state index contributed by atoms with van der Waals surface area (Å²) >= 11 is 0. The monoisotopic (exact) mass is 288 g/mol. The molecule has 19 heavy (non-hydrogen) atoms. The smallest absolute Gasteiger partial charge is 0.260 e. The number of hydrogen-bond donors (Lipinski definition) is 1. The first-order valence-corrected chi connectivity index (χ1v) is 5.99. The number of hydrogen-bond acceptors (Lipinski definition) is 3. The first kappa shape index (κ1) is 15.7. The lowest BCUT2D eigenvalue weighted by atomic mass is 10.1. The molecule has 2 N–H and O–H groups in total. The van der Waals surface area contributed by atoms with Crippen molar-refractivity contribution >= 4 is 18.3 Å². The van der Waals surface area contributed by atoms with Crippen molar-refractivity contribution in [2.75, 3.05) is 26.7 Å². The number of nitrogens with two attached hydrogens (primary N) is 1. The fourth-order valence-corrected chi connectivity index (χ4v) is 2.25. The van der Waals surface area contributed by atoms with Gasteiger partial charge in [-0.25, -0.2) is 4.39 Å². The van der Waals surface area contributed by atoms with Crippen molar-refractivity contribution in [3.8, 4) is 5.75 Å².